The van der Waals surface area contributed by atoms with E-state index in [1.54, 1.807) is 0 Å². The summed E-state index contributed by atoms with van der Waals surface area (Å²) in [4.78, 5) is 13.5. The molecule has 128 valence electrons. The summed E-state index contributed by atoms with van der Waals surface area (Å²) >= 11 is 0. The van der Waals surface area contributed by atoms with Crippen LogP contribution < -0.4 is 4.74 Å². The van der Waals surface area contributed by atoms with Crippen molar-refractivity contribution in [3.05, 3.63) is 29.8 Å². The van der Waals surface area contributed by atoms with E-state index in [0.717, 1.165) is 38.1 Å². The van der Waals surface area contributed by atoms with Crippen molar-refractivity contribution in [3.63, 3.8) is 0 Å². The standard InChI is InChI=1S/C15H16F5NO2/c16-14(17,15(18,19)20)13(22)11-3-5-12(6-4-11)23-10-9-21-7-1-2-8-21/h3-6H,1-2,7-10H2. The van der Waals surface area contributed by atoms with Crippen LogP contribution in [0.5, 0.6) is 5.75 Å². The van der Waals surface area contributed by atoms with Gasteiger partial charge in [0.05, 0.1) is 0 Å². The van der Waals surface area contributed by atoms with Gasteiger partial charge >= 0.3 is 12.1 Å². The second kappa shape index (κ2) is 6.82. The van der Waals surface area contributed by atoms with Crippen molar-refractivity contribution in [2.45, 2.75) is 24.9 Å². The van der Waals surface area contributed by atoms with Crippen LogP contribution in [0.3, 0.4) is 0 Å². The lowest BCUT2D eigenvalue weighted by Crippen LogP contribution is -2.44. The molecule has 1 aliphatic rings. The molecule has 0 radical (unpaired) electrons. The molecular formula is C15H16F5NO2. The van der Waals surface area contributed by atoms with Gasteiger partial charge in [0.25, 0.3) is 0 Å². The molecule has 2 rings (SSSR count). The Hall–Kier alpha value is -1.70. The number of Topliss-reactive ketones (excluding diaryl/α,β-unsaturated/α-hetero) is 1. The predicted molar refractivity (Wildman–Crippen MR) is 72.9 cm³/mol. The Kier molecular flexibility index (Phi) is 5.23. The number of ether oxygens (including phenoxy) is 1. The van der Waals surface area contributed by atoms with Gasteiger partial charge in [-0.25, -0.2) is 0 Å². The number of rotatable bonds is 6. The zero-order chi connectivity index (χ0) is 17.1. The first kappa shape index (κ1) is 17.7. The normalized spacial score (nSPS) is 16.6. The van der Waals surface area contributed by atoms with Crippen molar-refractivity contribution < 1.29 is 31.5 Å². The summed E-state index contributed by atoms with van der Waals surface area (Å²) in [7, 11) is 0. The van der Waals surface area contributed by atoms with Crippen LogP contribution in [0, 0.1) is 0 Å². The number of carbonyl (C=O) groups excluding carboxylic acids is 1. The zero-order valence-corrected chi connectivity index (χ0v) is 12.2. The second-order valence-corrected chi connectivity index (χ2v) is 5.32. The van der Waals surface area contributed by atoms with Crippen LogP contribution in [0.15, 0.2) is 24.3 Å². The van der Waals surface area contributed by atoms with E-state index in [0.29, 0.717) is 18.9 Å². The van der Waals surface area contributed by atoms with Crippen molar-refractivity contribution in [1.82, 2.24) is 4.90 Å². The third-order valence-electron chi connectivity index (χ3n) is 3.63. The maximum Gasteiger partial charge on any atom is 0.461 e. The monoisotopic (exact) mass is 337 g/mol. The van der Waals surface area contributed by atoms with Crippen LogP contribution in [0.2, 0.25) is 0 Å². The molecule has 0 unspecified atom stereocenters. The summed E-state index contributed by atoms with van der Waals surface area (Å²) in [5.41, 5.74) is -0.709. The van der Waals surface area contributed by atoms with Crippen molar-refractivity contribution in [3.8, 4) is 5.75 Å². The van der Waals surface area contributed by atoms with Gasteiger partial charge in [-0.05, 0) is 50.2 Å². The summed E-state index contributed by atoms with van der Waals surface area (Å²) < 4.78 is 67.8. The van der Waals surface area contributed by atoms with E-state index in [-0.39, 0.29) is 0 Å². The summed E-state index contributed by atoms with van der Waals surface area (Å²) in [5, 5.41) is 0. The highest BCUT2D eigenvalue weighted by Crippen LogP contribution is 2.38. The van der Waals surface area contributed by atoms with E-state index in [4.69, 9.17) is 4.74 Å². The number of halogens is 5. The molecule has 0 N–H and O–H groups in total. The van der Waals surface area contributed by atoms with E-state index in [2.05, 4.69) is 4.90 Å². The molecule has 23 heavy (non-hydrogen) atoms. The van der Waals surface area contributed by atoms with E-state index < -0.39 is 23.4 Å². The van der Waals surface area contributed by atoms with Crippen LogP contribution in [0.25, 0.3) is 0 Å². The molecule has 0 spiro atoms. The third-order valence-corrected chi connectivity index (χ3v) is 3.63. The van der Waals surface area contributed by atoms with Gasteiger partial charge < -0.3 is 4.74 Å². The Morgan fingerprint density at radius 1 is 1.04 bits per heavy atom. The van der Waals surface area contributed by atoms with E-state index in [9.17, 15) is 26.7 Å². The fourth-order valence-electron chi connectivity index (χ4n) is 2.31. The highest BCUT2D eigenvalue weighted by molar-refractivity contribution is 6.02. The summed E-state index contributed by atoms with van der Waals surface area (Å²) in [6, 6.07) is 4.24. The Balaban J connectivity index is 1.92. The number of likely N-dealkylation sites (tertiary alicyclic amines) is 1. The zero-order valence-electron chi connectivity index (χ0n) is 12.2. The Morgan fingerprint density at radius 2 is 1.61 bits per heavy atom. The molecular weight excluding hydrogens is 321 g/mol. The van der Waals surface area contributed by atoms with E-state index >= 15 is 0 Å². The van der Waals surface area contributed by atoms with E-state index in [1.165, 1.54) is 12.1 Å². The molecule has 0 bridgehead atoms. The summed E-state index contributed by atoms with van der Waals surface area (Å²) in [5.74, 6) is -7.35. The Labute approximate surface area is 130 Å². The van der Waals surface area contributed by atoms with Gasteiger partial charge in [-0.3, -0.25) is 9.69 Å². The fourth-order valence-corrected chi connectivity index (χ4v) is 2.31. The largest absolute Gasteiger partial charge is 0.492 e. The van der Waals surface area contributed by atoms with Crippen molar-refractivity contribution in [2.75, 3.05) is 26.2 Å². The molecule has 0 aliphatic carbocycles. The second-order valence-electron chi connectivity index (χ2n) is 5.32. The van der Waals surface area contributed by atoms with Crippen LogP contribution in [-0.2, 0) is 0 Å². The van der Waals surface area contributed by atoms with Crippen LogP contribution in [-0.4, -0.2) is 49.0 Å². The van der Waals surface area contributed by atoms with Gasteiger partial charge in [-0.2, -0.15) is 22.0 Å². The molecule has 0 amide bonds. The average Bonchev–Trinajstić information content (AvgIpc) is 2.99. The number of carbonyl (C=O) groups is 1. The Morgan fingerprint density at radius 3 is 2.13 bits per heavy atom. The number of hydrogen-bond acceptors (Lipinski definition) is 3. The molecule has 1 heterocycles. The molecule has 8 heteroatoms. The Bertz CT molecular complexity index is 536. The van der Waals surface area contributed by atoms with Crippen LogP contribution >= 0.6 is 0 Å². The number of nitrogens with zero attached hydrogens (tertiary/aromatic N) is 1. The molecule has 1 aromatic carbocycles. The van der Waals surface area contributed by atoms with Crippen molar-refractivity contribution in [1.29, 1.82) is 0 Å². The summed E-state index contributed by atoms with van der Waals surface area (Å²) in [6.07, 6.45) is -3.62. The topological polar surface area (TPSA) is 29.5 Å². The minimum Gasteiger partial charge on any atom is -0.492 e. The average molecular weight is 337 g/mol. The molecule has 1 aliphatic heterocycles. The smallest absolute Gasteiger partial charge is 0.461 e. The SMILES string of the molecule is O=C(c1ccc(OCCN2CCCC2)cc1)C(F)(F)C(F)(F)F. The lowest BCUT2D eigenvalue weighted by atomic mass is 10.1. The van der Waals surface area contributed by atoms with Gasteiger partial charge in [0, 0.05) is 12.1 Å². The number of alkyl halides is 5. The molecule has 3 nitrogen and oxygen atoms in total. The van der Waals surface area contributed by atoms with E-state index in [1.807, 2.05) is 0 Å². The molecule has 0 atom stereocenters. The minimum atomic E-state index is -5.91. The highest BCUT2D eigenvalue weighted by Gasteiger charge is 2.63. The summed E-state index contributed by atoms with van der Waals surface area (Å²) in [6.45, 7) is 3.10. The molecule has 0 aromatic heterocycles. The third kappa shape index (κ3) is 4.19. The first-order valence-corrected chi connectivity index (χ1v) is 7.16. The molecule has 0 saturated carbocycles. The van der Waals surface area contributed by atoms with Gasteiger partial charge in [-0.1, -0.05) is 0 Å². The molecule has 1 fully saturated rings. The number of benzene rings is 1. The maximum absolute atomic E-state index is 13.0. The minimum absolute atomic E-state index is 0.316. The molecule has 1 aromatic rings. The molecule has 1 saturated heterocycles. The van der Waals surface area contributed by atoms with Crippen LogP contribution in [0.1, 0.15) is 23.2 Å². The predicted octanol–water partition coefficient (Wildman–Crippen LogP) is 3.54. The lowest BCUT2D eigenvalue weighted by Gasteiger charge is -2.18. The first-order valence-electron chi connectivity index (χ1n) is 7.16. The van der Waals surface area contributed by atoms with Gasteiger partial charge in [0.15, 0.2) is 0 Å². The maximum atomic E-state index is 13.0. The number of hydrogen-bond donors (Lipinski definition) is 0. The number of ketones is 1. The first-order chi connectivity index (χ1) is 10.7. The quantitative estimate of drug-likeness (QED) is 0.587. The van der Waals surface area contributed by atoms with Crippen molar-refractivity contribution >= 4 is 5.78 Å². The van der Waals surface area contributed by atoms with Crippen LogP contribution in [0.4, 0.5) is 22.0 Å². The lowest BCUT2D eigenvalue weighted by molar-refractivity contribution is -0.255. The van der Waals surface area contributed by atoms with Crippen molar-refractivity contribution in [2.24, 2.45) is 0 Å². The fraction of sp³-hybridized carbons (Fsp3) is 0.533. The van der Waals surface area contributed by atoms with Gasteiger partial charge in [0.1, 0.15) is 12.4 Å². The highest BCUT2D eigenvalue weighted by atomic mass is 19.4. The van der Waals surface area contributed by atoms with Gasteiger partial charge in [-0.15, -0.1) is 0 Å². The van der Waals surface area contributed by atoms with Gasteiger partial charge in [0.2, 0.25) is 5.78 Å².